The van der Waals surface area contributed by atoms with E-state index >= 15 is 0 Å². The van der Waals surface area contributed by atoms with Crippen LogP contribution in [0.4, 0.5) is 0 Å². The fraction of sp³-hybridized carbons (Fsp3) is 0.438. The number of likely N-dealkylation sites (tertiary alicyclic amines) is 1. The van der Waals surface area contributed by atoms with E-state index in [1.54, 1.807) is 0 Å². The Labute approximate surface area is 112 Å². The number of aromatic amines is 1. The van der Waals surface area contributed by atoms with Crippen molar-refractivity contribution in [2.75, 3.05) is 20.1 Å². The number of nitrogens with zero attached hydrogens (tertiary/aromatic N) is 2. The minimum Gasteiger partial charge on any atom is -0.358 e. The number of rotatable bonds is 0. The lowest BCUT2D eigenvalue weighted by Crippen LogP contribution is -2.18. The fourth-order valence-corrected chi connectivity index (χ4v) is 3.99. The van der Waals surface area contributed by atoms with Gasteiger partial charge in [0, 0.05) is 35.6 Å². The molecule has 1 aromatic heterocycles. The number of benzene rings is 1. The van der Waals surface area contributed by atoms with Crippen molar-refractivity contribution in [3.8, 4) is 6.07 Å². The van der Waals surface area contributed by atoms with Crippen molar-refractivity contribution < 1.29 is 0 Å². The number of fused-ring (bicyclic) bond motifs is 5. The summed E-state index contributed by atoms with van der Waals surface area (Å²) in [5.41, 5.74) is 4.86. The molecule has 1 aromatic carbocycles. The number of aromatic nitrogens is 1. The molecule has 0 radical (unpaired) electrons. The molecule has 1 fully saturated rings. The van der Waals surface area contributed by atoms with Gasteiger partial charge in [-0.1, -0.05) is 0 Å². The maximum absolute atomic E-state index is 9.10. The summed E-state index contributed by atoms with van der Waals surface area (Å²) in [4.78, 5) is 6.01. The van der Waals surface area contributed by atoms with Crippen LogP contribution in [0.1, 0.15) is 29.2 Å². The molecule has 96 valence electrons. The molecule has 0 saturated carbocycles. The van der Waals surface area contributed by atoms with Crippen molar-refractivity contribution in [1.29, 1.82) is 5.26 Å². The molecule has 2 atom stereocenters. The van der Waals surface area contributed by atoms with Crippen LogP contribution in [0.15, 0.2) is 18.2 Å². The van der Waals surface area contributed by atoms with Gasteiger partial charge in [0.1, 0.15) is 0 Å². The molecular formula is C16H17N3. The zero-order valence-electron chi connectivity index (χ0n) is 11.1. The normalized spacial score (nSPS) is 26.1. The van der Waals surface area contributed by atoms with Gasteiger partial charge in [0.25, 0.3) is 0 Å². The second kappa shape index (κ2) is 3.85. The van der Waals surface area contributed by atoms with E-state index in [4.69, 9.17) is 5.26 Å². The van der Waals surface area contributed by atoms with Gasteiger partial charge in [-0.2, -0.15) is 5.26 Å². The van der Waals surface area contributed by atoms with Gasteiger partial charge in [-0.3, -0.25) is 0 Å². The molecule has 1 aliphatic carbocycles. The molecule has 0 unspecified atom stereocenters. The third-order valence-electron chi connectivity index (χ3n) is 4.81. The minimum absolute atomic E-state index is 0.649. The molecule has 0 amide bonds. The van der Waals surface area contributed by atoms with Crippen LogP contribution < -0.4 is 0 Å². The molecule has 0 spiro atoms. The highest BCUT2D eigenvalue weighted by atomic mass is 15.1. The Morgan fingerprint density at radius 3 is 3.11 bits per heavy atom. The van der Waals surface area contributed by atoms with Crippen molar-refractivity contribution in [1.82, 2.24) is 9.88 Å². The zero-order chi connectivity index (χ0) is 13.0. The zero-order valence-corrected chi connectivity index (χ0v) is 11.1. The van der Waals surface area contributed by atoms with Crippen LogP contribution >= 0.6 is 0 Å². The molecule has 2 aromatic rings. The maximum atomic E-state index is 9.10. The van der Waals surface area contributed by atoms with E-state index in [0.717, 1.165) is 24.4 Å². The van der Waals surface area contributed by atoms with Crippen LogP contribution in [0, 0.1) is 17.2 Å². The molecule has 1 N–H and O–H groups in total. The summed E-state index contributed by atoms with van der Waals surface area (Å²) < 4.78 is 0. The van der Waals surface area contributed by atoms with Crippen molar-refractivity contribution in [3.05, 3.63) is 35.0 Å². The Morgan fingerprint density at radius 1 is 1.37 bits per heavy atom. The average Bonchev–Trinajstić information content (AvgIpc) is 2.96. The summed E-state index contributed by atoms with van der Waals surface area (Å²) >= 11 is 0. The van der Waals surface area contributed by atoms with Crippen LogP contribution in [0.25, 0.3) is 10.9 Å². The molecular weight excluding hydrogens is 234 g/mol. The summed E-state index contributed by atoms with van der Waals surface area (Å²) in [5, 5.41) is 10.4. The largest absolute Gasteiger partial charge is 0.358 e. The monoisotopic (exact) mass is 251 g/mol. The Balaban J connectivity index is 1.94. The summed E-state index contributed by atoms with van der Waals surface area (Å²) in [6.45, 7) is 2.37. The Bertz CT molecular complexity index is 692. The second-order valence-electron chi connectivity index (χ2n) is 6.02. The van der Waals surface area contributed by atoms with E-state index in [-0.39, 0.29) is 0 Å². The minimum atomic E-state index is 0.649. The summed E-state index contributed by atoms with van der Waals surface area (Å²) in [6.07, 6.45) is 2.45. The average molecular weight is 251 g/mol. The molecule has 2 aliphatic rings. The molecule has 1 aliphatic heterocycles. The van der Waals surface area contributed by atoms with Crippen LogP contribution in [0.5, 0.6) is 0 Å². The van der Waals surface area contributed by atoms with Crippen LogP contribution in [-0.2, 0) is 6.42 Å². The van der Waals surface area contributed by atoms with E-state index in [0.29, 0.717) is 5.92 Å². The summed E-state index contributed by atoms with van der Waals surface area (Å²) in [7, 11) is 2.22. The van der Waals surface area contributed by atoms with Crippen molar-refractivity contribution >= 4 is 10.9 Å². The fourth-order valence-electron chi connectivity index (χ4n) is 3.99. The predicted molar refractivity (Wildman–Crippen MR) is 75.1 cm³/mol. The number of nitrogens with one attached hydrogen (secondary N) is 1. The lowest BCUT2D eigenvalue weighted by molar-refractivity contribution is 0.386. The van der Waals surface area contributed by atoms with E-state index in [2.05, 4.69) is 35.1 Å². The molecule has 2 heterocycles. The van der Waals surface area contributed by atoms with E-state index in [1.165, 1.54) is 35.1 Å². The van der Waals surface area contributed by atoms with Crippen LogP contribution in [0.3, 0.4) is 0 Å². The quantitative estimate of drug-likeness (QED) is 0.782. The van der Waals surface area contributed by atoms with Crippen molar-refractivity contribution in [2.45, 2.75) is 18.8 Å². The third-order valence-corrected chi connectivity index (χ3v) is 4.81. The highest BCUT2D eigenvalue weighted by Gasteiger charge is 2.37. The number of aryl methyl sites for hydroxylation is 1. The molecule has 3 heteroatoms. The summed E-state index contributed by atoms with van der Waals surface area (Å²) in [5.74, 6) is 1.44. The molecule has 0 bridgehead atoms. The Hall–Kier alpha value is -1.79. The first-order valence-corrected chi connectivity index (χ1v) is 6.99. The van der Waals surface area contributed by atoms with Gasteiger partial charge in [0.15, 0.2) is 0 Å². The Morgan fingerprint density at radius 2 is 2.26 bits per heavy atom. The lowest BCUT2D eigenvalue weighted by Gasteiger charge is -2.25. The topological polar surface area (TPSA) is 42.8 Å². The van der Waals surface area contributed by atoms with Gasteiger partial charge >= 0.3 is 0 Å². The number of nitriles is 1. The first-order valence-electron chi connectivity index (χ1n) is 6.99. The highest BCUT2D eigenvalue weighted by molar-refractivity contribution is 5.87. The second-order valence-corrected chi connectivity index (χ2v) is 6.02. The van der Waals surface area contributed by atoms with E-state index in [9.17, 15) is 0 Å². The third kappa shape index (κ3) is 1.53. The van der Waals surface area contributed by atoms with E-state index in [1.807, 2.05) is 6.07 Å². The van der Waals surface area contributed by atoms with Gasteiger partial charge in [-0.15, -0.1) is 0 Å². The standard InChI is InChI=1S/C16H17N3/c1-19-8-11-3-5-15-16(13(11)9-19)12-6-10(7-17)2-4-14(12)18-15/h2,4,6,11,13,18H,3,5,8-9H2,1H3/t11-,13+/m0/s1. The van der Waals surface area contributed by atoms with E-state index < -0.39 is 0 Å². The summed E-state index contributed by atoms with van der Waals surface area (Å²) in [6, 6.07) is 8.28. The van der Waals surface area contributed by atoms with Gasteiger partial charge in [-0.25, -0.2) is 0 Å². The predicted octanol–water partition coefficient (Wildman–Crippen LogP) is 2.63. The van der Waals surface area contributed by atoms with Gasteiger partial charge in [0.05, 0.1) is 11.6 Å². The number of H-pyrrole nitrogens is 1. The first-order chi connectivity index (χ1) is 9.26. The molecule has 1 saturated heterocycles. The highest BCUT2D eigenvalue weighted by Crippen LogP contribution is 2.44. The van der Waals surface area contributed by atoms with Crippen molar-refractivity contribution in [2.24, 2.45) is 5.92 Å². The number of likely N-dealkylation sites (N-methyl/N-ethyl adjacent to an activating group) is 1. The first kappa shape index (κ1) is 11.1. The molecule has 4 rings (SSSR count). The van der Waals surface area contributed by atoms with Crippen LogP contribution in [-0.4, -0.2) is 30.0 Å². The number of hydrogen-bond donors (Lipinski definition) is 1. The van der Waals surface area contributed by atoms with Crippen LogP contribution in [0.2, 0.25) is 0 Å². The van der Waals surface area contributed by atoms with Crippen molar-refractivity contribution in [3.63, 3.8) is 0 Å². The maximum Gasteiger partial charge on any atom is 0.0991 e. The van der Waals surface area contributed by atoms with Gasteiger partial charge in [-0.05, 0) is 49.6 Å². The molecule has 3 nitrogen and oxygen atoms in total. The SMILES string of the molecule is CN1C[C@@H]2CCc3[nH]c4ccc(C#N)cc4c3[C@@H]2C1. The smallest absolute Gasteiger partial charge is 0.0991 e. The van der Waals surface area contributed by atoms with Gasteiger partial charge < -0.3 is 9.88 Å². The Kier molecular flexibility index (Phi) is 2.24. The number of hydrogen-bond acceptors (Lipinski definition) is 2. The van der Waals surface area contributed by atoms with Gasteiger partial charge in [0.2, 0.25) is 0 Å². The molecule has 19 heavy (non-hydrogen) atoms. The lowest BCUT2D eigenvalue weighted by atomic mass is 9.79.